The van der Waals surface area contributed by atoms with Gasteiger partial charge in [0.1, 0.15) is 5.82 Å². The predicted octanol–water partition coefficient (Wildman–Crippen LogP) is 0.461. The van der Waals surface area contributed by atoms with Crippen molar-refractivity contribution in [3.8, 4) is 0 Å². The Morgan fingerprint density at radius 2 is 2.00 bits per heavy atom. The summed E-state index contributed by atoms with van der Waals surface area (Å²) in [5.74, 6) is -0.442. The third-order valence-corrected chi connectivity index (χ3v) is 2.78. The molecular formula is C8H11FN2O2S. The molecule has 0 aliphatic heterocycles. The lowest BCUT2D eigenvalue weighted by Crippen LogP contribution is -2.32. The second kappa shape index (κ2) is 4.04. The summed E-state index contributed by atoms with van der Waals surface area (Å²) >= 11 is 0. The minimum Gasteiger partial charge on any atom is -0.216 e. The van der Waals surface area contributed by atoms with E-state index in [2.05, 4.69) is 0 Å². The van der Waals surface area contributed by atoms with Crippen LogP contribution >= 0.6 is 0 Å². The second-order valence-electron chi connectivity index (χ2n) is 2.89. The van der Waals surface area contributed by atoms with Crippen LogP contribution in [0.4, 0.5) is 4.39 Å². The van der Waals surface area contributed by atoms with Crippen LogP contribution in [0.5, 0.6) is 0 Å². The van der Waals surface area contributed by atoms with Crippen LogP contribution in [0.25, 0.3) is 0 Å². The Morgan fingerprint density at radius 3 is 2.50 bits per heavy atom. The average molecular weight is 218 g/mol. The predicted molar refractivity (Wildman–Crippen MR) is 51.0 cm³/mol. The zero-order valence-corrected chi connectivity index (χ0v) is 8.46. The Morgan fingerprint density at radius 1 is 1.43 bits per heavy atom. The van der Waals surface area contributed by atoms with Crippen LogP contribution < -0.4 is 5.14 Å². The molecule has 0 aromatic heterocycles. The van der Waals surface area contributed by atoms with Gasteiger partial charge in [0.2, 0.25) is 0 Å². The van der Waals surface area contributed by atoms with E-state index in [1.54, 1.807) is 6.07 Å². The van der Waals surface area contributed by atoms with Gasteiger partial charge >= 0.3 is 0 Å². The van der Waals surface area contributed by atoms with E-state index in [0.29, 0.717) is 5.56 Å². The van der Waals surface area contributed by atoms with Gasteiger partial charge in [0.05, 0.1) is 0 Å². The first-order valence-electron chi connectivity index (χ1n) is 3.88. The van der Waals surface area contributed by atoms with Crippen molar-refractivity contribution in [2.24, 2.45) is 5.14 Å². The lowest BCUT2D eigenvalue weighted by molar-refractivity contribution is 0.457. The van der Waals surface area contributed by atoms with Gasteiger partial charge < -0.3 is 0 Å². The first-order chi connectivity index (χ1) is 6.41. The normalized spacial score (nSPS) is 12.0. The molecule has 0 fully saturated rings. The van der Waals surface area contributed by atoms with Crippen molar-refractivity contribution in [1.29, 1.82) is 0 Å². The molecule has 78 valence electrons. The SMILES string of the molecule is CN(Cc1ccccc1F)S(N)(=O)=O. The number of nitrogens with two attached hydrogens (primary N) is 1. The minimum absolute atomic E-state index is 0.0640. The van der Waals surface area contributed by atoms with Crippen LogP contribution in [-0.2, 0) is 16.8 Å². The third kappa shape index (κ3) is 2.76. The number of nitrogens with zero attached hydrogens (tertiary/aromatic N) is 1. The van der Waals surface area contributed by atoms with Crippen molar-refractivity contribution in [1.82, 2.24) is 4.31 Å². The molecule has 0 bridgehead atoms. The van der Waals surface area contributed by atoms with Crippen LogP contribution in [-0.4, -0.2) is 19.8 Å². The van der Waals surface area contributed by atoms with E-state index in [1.807, 2.05) is 0 Å². The maximum Gasteiger partial charge on any atom is 0.276 e. The molecule has 1 aromatic carbocycles. The van der Waals surface area contributed by atoms with Crippen molar-refractivity contribution >= 4 is 10.2 Å². The maximum atomic E-state index is 13.1. The fraction of sp³-hybridized carbons (Fsp3) is 0.250. The van der Waals surface area contributed by atoms with Gasteiger partial charge in [-0.1, -0.05) is 18.2 Å². The molecule has 4 nitrogen and oxygen atoms in total. The largest absolute Gasteiger partial charge is 0.276 e. The molecule has 14 heavy (non-hydrogen) atoms. The van der Waals surface area contributed by atoms with Crippen LogP contribution in [0.1, 0.15) is 5.56 Å². The van der Waals surface area contributed by atoms with E-state index in [-0.39, 0.29) is 6.54 Å². The highest BCUT2D eigenvalue weighted by Crippen LogP contribution is 2.09. The topological polar surface area (TPSA) is 63.4 Å². The van der Waals surface area contributed by atoms with Crippen molar-refractivity contribution in [3.05, 3.63) is 35.6 Å². The summed E-state index contributed by atoms with van der Waals surface area (Å²) in [6.45, 7) is -0.0640. The van der Waals surface area contributed by atoms with Crippen LogP contribution in [0.15, 0.2) is 24.3 Å². The third-order valence-electron chi connectivity index (χ3n) is 1.79. The molecule has 1 aromatic rings. The summed E-state index contributed by atoms with van der Waals surface area (Å²) < 4.78 is 35.6. The van der Waals surface area contributed by atoms with Crippen molar-refractivity contribution < 1.29 is 12.8 Å². The molecule has 0 aliphatic rings. The molecule has 2 N–H and O–H groups in total. The first-order valence-corrected chi connectivity index (χ1v) is 5.39. The van der Waals surface area contributed by atoms with Gasteiger partial charge in [-0.3, -0.25) is 0 Å². The first kappa shape index (κ1) is 11.1. The number of halogens is 1. The summed E-state index contributed by atoms with van der Waals surface area (Å²) in [7, 11) is -2.46. The van der Waals surface area contributed by atoms with Crippen molar-refractivity contribution in [2.45, 2.75) is 6.54 Å². The number of benzene rings is 1. The molecular weight excluding hydrogens is 207 g/mol. The Kier molecular flexibility index (Phi) is 3.20. The lowest BCUT2D eigenvalue weighted by atomic mass is 10.2. The van der Waals surface area contributed by atoms with Crippen LogP contribution in [0.2, 0.25) is 0 Å². The summed E-state index contributed by atoms with van der Waals surface area (Å²) in [4.78, 5) is 0. The van der Waals surface area contributed by atoms with Gasteiger partial charge in [-0.25, -0.2) is 9.53 Å². The lowest BCUT2D eigenvalue weighted by Gasteiger charge is -2.13. The molecule has 0 atom stereocenters. The van der Waals surface area contributed by atoms with E-state index in [0.717, 1.165) is 4.31 Å². The molecule has 0 radical (unpaired) electrons. The minimum atomic E-state index is -3.75. The Labute approximate surface area is 82.3 Å². The summed E-state index contributed by atoms with van der Waals surface area (Å²) in [5, 5.41) is 4.85. The fourth-order valence-electron chi connectivity index (χ4n) is 0.956. The highest BCUT2D eigenvalue weighted by atomic mass is 32.2. The smallest absolute Gasteiger partial charge is 0.216 e. The van der Waals surface area contributed by atoms with Crippen LogP contribution in [0, 0.1) is 5.82 Å². The average Bonchev–Trinajstić information content (AvgIpc) is 2.07. The van der Waals surface area contributed by atoms with E-state index in [9.17, 15) is 12.8 Å². The number of rotatable bonds is 3. The number of hydrogen-bond acceptors (Lipinski definition) is 2. The van der Waals surface area contributed by atoms with Gasteiger partial charge in [-0.05, 0) is 6.07 Å². The Hall–Kier alpha value is -0.980. The van der Waals surface area contributed by atoms with Gasteiger partial charge in [0.25, 0.3) is 10.2 Å². The monoisotopic (exact) mass is 218 g/mol. The van der Waals surface area contributed by atoms with Gasteiger partial charge in [-0.2, -0.15) is 12.7 Å². The van der Waals surface area contributed by atoms with Crippen molar-refractivity contribution in [2.75, 3.05) is 7.05 Å². The summed E-state index contributed by atoms with van der Waals surface area (Å²) in [5.41, 5.74) is 0.295. The van der Waals surface area contributed by atoms with E-state index in [1.165, 1.54) is 25.2 Å². The highest BCUT2D eigenvalue weighted by molar-refractivity contribution is 7.86. The van der Waals surface area contributed by atoms with E-state index < -0.39 is 16.0 Å². The summed E-state index contributed by atoms with van der Waals surface area (Å²) in [6.07, 6.45) is 0. The molecule has 0 saturated heterocycles. The van der Waals surface area contributed by atoms with Gasteiger partial charge in [-0.15, -0.1) is 0 Å². The Bertz CT molecular complexity index is 419. The molecule has 0 amide bonds. The molecule has 0 heterocycles. The number of hydrogen-bond donors (Lipinski definition) is 1. The molecule has 0 saturated carbocycles. The molecule has 6 heteroatoms. The molecule has 1 rings (SSSR count). The zero-order chi connectivity index (χ0) is 10.8. The Balaban J connectivity index is 2.85. The van der Waals surface area contributed by atoms with Crippen LogP contribution in [0.3, 0.4) is 0 Å². The van der Waals surface area contributed by atoms with E-state index in [4.69, 9.17) is 5.14 Å². The van der Waals surface area contributed by atoms with Gasteiger partial charge in [0, 0.05) is 19.2 Å². The quantitative estimate of drug-likeness (QED) is 0.801. The molecule has 0 aliphatic carbocycles. The highest BCUT2D eigenvalue weighted by Gasteiger charge is 2.13. The summed E-state index contributed by atoms with van der Waals surface area (Å²) in [6, 6.07) is 5.95. The second-order valence-corrected chi connectivity index (χ2v) is 4.55. The molecule has 0 unspecified atom stereocenters. The maximum absolute atomic E-state index is 13.1. The zero-order valence-electron chi connectivity index (χ0n) is 7.64. The van der Waals surface area contributed by atoms with Gasteiger partial charge in [0.15, 0.2) is 0 Å². The fourth-order valence-corrected chi connectivity index (χ4v) is 1.28. The van der Waals surface area contributed by atoms with E-state index >= 15 is 0 Å². The van der Waals surface area contributed by atoms with Crippen molar-refractivity contribution in [3.63, 3.8) is 0 Å². The standard InChI is InChI=1S/C8H11FN2O2S/c1-11(14(10,12)13)6-7-4-2-3-5-8(7)9/h2-5H,6H2,1H3,(H2,10,12,13). The molecule has 0 spiro atoms.